The molecule has 2 aliphatic heterocycles. The van der Waals surface area contributed by atoms with Gasteiger partial charge < -0.3 is 9.64 Å². The first-order chi connectivity index (χ1) is 11.6. The van der Waals surface area contributed by atoms with Crippen molar-refractivity contribution in [2.24, 2.45) is 0 Å². The molecule has 1 aromatic carbocycles. The molecule has 0 aromatic heterocycles. The van der Waals surface area contributed by atoms with E-state index in [0.717, 1.165) is 36.4 Å². The Kier molecular flexibility index (Phi) is 5.61. The minimum absolute atomic E-state index is 0.0795. The fourth-order valence-corrected chi connectivity index (χ4v) is 5.40. The van der Waals surface area contributed by atoms with Crippen LogP contribution in [0.2, 0.25) is 0 Å². The molecular formula is C19H23NO2S2. The molecule has 0 amide bonds. The Morgan fingerprint density at radius 1 is 1.33 bits per heavy atom. The van der Waals surface area contributed by atoms with Crippen LogP contribution in [-0.2, 0) is 16.0 Å². The van der Waals surface area contributed by atoms with Gasteiger partial charge in [0.05, 0.1) is 21.7 Å². The molecule has 2 heterocycles. The van der Waals surface area contributed by atoms with Gasteiger partial charge in [-0.3, -0.25) is 0 Å². The summed E-state index contributed by atoms with van der Waals surface area (Å²) in [5.74, 6) is -0.154. The van der Waals surface area contributed by atoms with Crippen molar-refractivity contribution in [2.45, 2.75) is 39.2 Å². The molecule has 5 heteroatoms. The summed E-state index contributed by atoms with van der Waals surface area (Å²) in [4.78, 5) is 16.1. The molecular weight excluding hydrogens is 338 g/mol. The number of allylic oxidation sites excluding steroid dienone is 1. The van der Waals surface area contributed by atoms with Crippen molar-refractivity contribution in [3.05, 3.63) is 56.4 Å². The van der Waals surface area contributed by atoms with E-state index in [2.05, 4.69) is 35.4 Å². The Bertz CT molecular complexity index is 680. The van der Waals surface area contributed by atoms with Gasteiger partial charge in [-0.2, -0.15) is 0 Å². The lowest BCUT2D eigenvalue weighted by Crippen LogP contribution is -2.27. The minimum atomic E-state index is -0.154. The van der Waals surface area contributed by atoms with Crippen molar-refractivity contribution in [1.82, 2.24) is 4.90 Å². The molecule has 3 nitrogen and oxygen atoms in total. The fourth-order valence-electron chi connectivity index (χ4n) is 3.00. The van der Waals surface area contributed by atoms with Crippen LogP contribution in [0.1, 0.15) is 32.3 Å². The van der Waals surface area contributed by atoms with Gasteiger partial charge >= 0.3 is 5.97 Å². The van der Waals surface area contributed by atoms with Crippen molar-refractivity contribution in [3.8, 4) is 0 Å². The average Bonchev–Trinajstić information content (AvgIpc) is 2.91. The Labute approximate surface area is 152 Å². The zero-order valence-corrected chi connectivity index (χ0v) is 16.0. The summed E-state index contributed by atoms with van der Waals surface area (Å²) in [5.41, 5.74) is 2.15. The molecule has 0 saturated heterocycles. The van der Waals surface area contributed by atoms with Crippen LogP contribution < -0.4 is 0 Å². The van der Waals surface area contributed by atoms with Crippen LogP contribution in [0.25, 0.3) is 0 Å². The largest absolute Gasteiger partial charge is 0.460 e. The quantitative estimate of drug-likeness (QED) is 0.705. The van der Waals surface area contributed by atoms with E-state index in [1.807, 2.05) is 19.9 Å². The Balaban J connectivity index is 1.88. The molecule has 128 valence electrons. The van der Waals surface area contributed by atoms with E-state index in [4.69, 9.17) is 4.74 Å². The molecule has 0 spiro atoms. The van der Waals surface area contributed by atoms with Gasteiger partial charge in [0, 0.05) is 17.9 Å². The molecule has 0 saturated carbocycles. The third-order valence-corrected chi connectivity index (χ3v) is 6.23. The lowest BCUT2D eigenvalue weighted by Gasteiger charge is -2.28. The first-order valence-electron chi connectivity index (χ1n) is 8.30. The van der Waals surface area contributed by atoms with Gasteiger partial charge in [0.15, 0.2) is 0 Å². The maximum absolute atomic E-state index is 12.5. The smallest absolute Gasteiger partial charge is 0.336 e. The van der Waals surface area contributed by atoms with Gasteiger partial charge in [0.25, 0.3) is 0 Å². The van der Waals surface area contributed by atoms with Crippen LogP contribution >= 0.6 is 23.5 Å². The lowest BCUT2D eigenvalue weighted by atomic mass is 10.1. The Hall–Kier alpha value is -1.33. The molecule has 24 heavy (non-hydrogen) atoms. The number of fused-ring (bicyclic) bond motifs is 1. The molecule has 2 aliphatic rings. The first kappa shape index (κ1) is 17.5. The predicted molar refractivity (Wildman–Crippen MR) is 102 cm³/mol. The number of benzene rings is 1. The summed E-state index contributed by atoms with van der Waals surface area (Å²) in [5, 5.41) is 2.37. The van der Waals surface area contributed by atoms with Crippen LogP contribution in [-0.4, -0.2) is 29.8 Å². The van der Waals surface area contributed by atoms with E-state index in [0.29, 0.717) is 0 Å². The van der Waals surface area contributed by atoms with Gasteiger partial charge in [0.2, 0.25) is 0 Å². The number of hydrogen-bond acceptors (Lipinski definition) is 5. The van der Waals surface area contributed by atoms with Crippen LogP contribution in [0.4, 0.5) is 0 Å². The number of thioether (sulfide) groups is 2. The number of carbonyl (C=O) groups excluding carboxylic acids is 1. The van der Waals surface area contributed by atoms with E-state index in [1.165, 1.54) is 15.5 Å². The fraction of sp³-hybridized carbons (Fsp3) is 0.421. The highest BCUT2D eigenvalue weighted by molar-refractivity contribution is 8.09. The van der Waals surface area contributed by atoms with E-state index in [9.17, 15) is 4.79 Å². The summed E-state index contributed by atoms with van der Waals surface area (Å²) in [7, 11) is 0. The van der Waals surface area contributed by atoms with Gasteiger partial charge in [-0.25, -0.2) is 4.79 Å². The zero-order chi connectivity index (χ0) is 17.1. The van der Waals surface area contributed by atoms with Crippen LogP contribution in [0.3, 0.4) is 0 Å². The second kappa shape index (κ2) is 7.70. The monoisotopic (exact) mass is 361 g/mol. The molecule has 0 unspecified atom stereocenters. The number of ether oxygens (including phenoxy) is 1. The molecule has 0 atom stereocenters. The van der Waals surface area contributed by atoms with Crippen molar-refractivity contribution < 1.29 is 9.53 Å². The second-order valence-corrected chi connectivity index (χ2v) is 8.07. The highest BCUT2D eigenvalue weighted by Gasteiger charge is 2.35. The van der Waals surface area contributed by atoms with Crippen molar-refractivity contribution in [2.75, 3.05) is 12.8 Å². The number of carbonyl (C=O) groups is 1. The van der Waals surface area contributed by atoms with Gasteiger partial charge in [-0.15, -0.1) is 11.8 Å². The normalized spacial score (nSPS) is 17.6. The highest BCUT2D eigenvalue weighted by atomic mass is 32.2. The molecule has 0 radical (unpaired) electrons. The number of hydrogen-bond donors (Lipinski definition) is 0. The minimum Gasteiger partial charge on any atom is -0.460 e. The van der Waals surface area contributed by atoms with Gasteiger partial charge in [0.1, 0.15) is 0 Å². The molecule has 1 aromatic rings. The first-order valence-corrected chi connectivity index (χ1v) is 10.3. The average molecular weight is 362 g/mol. The SMILES string of the molecule is CSC1=C(Cc2ccccc2)SC2=C(C(=O)OC(C)C)CCCN12. The molecule has 0 N–H and O–H groups in total. The van der Waals surface area contributed by atoms with Crippen molar-refractivity contribution >= 4 is 29.5 Å². The number of rotatable bonds is 5. The molecule has 3 rings (SSSR count). The standard InChI is InChI=1S/C19H23NO2S2/c1-13(2)22-19(21)15-10-7-11-20-17(15)24-16(18(20)23-3)12-14-8-5-4-6-9-14/h4-6,8-9,13H,7,10-12H2,1-3H3. The third kappa shape index (κ3) is 3.67. The van der Waals surface area contributed by atoms with E-state index in [1.54, 1.807) is 23.5 Å². The summed E-state index contributed by atoms with van der Waals surface area (Å²) >= 11 is 3.52. The molecule has 0 bridgehead atoms. The summed E-state index contributed by atoms with van der Waals surface area (Å²) in [6, 6.07) is 10.5. The Morgan fingerprint density at radius 2 is 2.08 bits per heavy atom. The summed E-state index contributed by atoms with van der Waals surface area (Å²) < 4.78 is 5.46. The zero-order valence-electron chi connectivity index (χ0n) is 14.4. The van der Waals surface area contributed by atoms with E-state index >= 15 is 0 Å². The van der Waals surface area contributed by atoms with E-state index in [-0.39, 0.29) is 12.1 Å². The summed E-state index contributed by atoms with van der Waals surface area (Å²) in [6.45, 7) is 4.78. The maximum atomic E-state index is 12.5. The second-order valence-electron chi connectivity index (χ2n) is 6.19. The van der Waals surface area contributed by atoms with E-state index < -0.39 is 0 Å². The van der Waals surface area contributed by atoms with Crippen LogP contribution in [0.15, 0.2) is 50.9 Å². The van der Waals surface area contributed by atoms with Crippen molar-refractivity contribution in [1.29, 1.82) is 0 Å². The van der Waals surface area contributed by atoms with Gasteiger partial charge in [-0.1, -0.05) is 42.1 Å². The highest BCUT2D eigenvalue weighted by Crippen LogP contribution is 2.50. The Morgan fingerprint density at radius 3 is 2.75 bits per heavy atom. The summed E-state index contributed by atoms with van der Waals surface area (Å²) in [6.07, 6.45) is 4.75. The van der Waals surface area contributed by atoms with Gasteiger partial charge in [-0.05, 0) is 38.5 Å². The number of nitrogens with zero attached hydrogens (tertiary/aromatic N) is 1. The van der Waals surface area contributed by atoms with Crippen LogP contribution in [0, 0.1) is 0 Å². The van der Waals surface area contributed by atoms with Crippen LogP contribution in [0.5, 0.6) is 0 Å². The predicted octanol–water partition coefficient (Wildman–Crippen LogP) is 4.77. The third-order valence-electron chi connectivity index (χ3n) is 4.01. The van der Waals surface area contributed by atoms with Crippen molar-refractivity contribution in [3.63, 3.8) is 0 Å². The molecule has 0 fully saturated rings. The maximum Gasteiger partial charge on any atom is 0.336 e. The lowest BCUT2D eigenvalue weighted by molar-refractivity contribution is -0.143. The topological polar surface area (TPSA) is 29.5 Å². The molecule has 0 aliphatic carbocycles. The number of esters is 1.